The number of aliphatic hydroxyl groups is 5. The largest absolute Gasteiger partial charge is 0.472 e. The van der Waals surface area contributed by atoms with Crippen molar-refractivity contribution in [2.45, 2.75) is 236 Å². The number of esters is 2. The van der Waals surface area contributed by atoms with Crippen LogP contribution in [0.15, 0.2) is 48.6 Å². The molecule has 14 heteroatoms. The molecule has 13 nitrogen and oxygen atoms in total. The maximum atomic E-state index is 12.8. The van der Waals surface area contributed by atoms with Crippen molar-refractivity contribution in [3.63, 3.8) is 0 Å². The van der Waals surface area contributed by atoms with Crippen LogP contribution in [0.4, 0.5) is 0 Å². The molecule has 1 rings (SSSR count). The van der Waals surface area contributed by atoms with Crippen LogP contribution in [0.3, 0.4) is 0 Å². The number of unbranched alkanes of at least 4 members (excludes halogenated alkanes) is 20. The van der Waals surface area contributed by atoms with Gasteiger partial charge in [0, 0.05) is 12.8 Å². The van der Waals surface area contributed by atoms with Crippen LogP contribution in [0.25, 0.3) is 0 Å². The van der Waals surface area contributed by atoms with Crippen LogP contribution in [0, 0.1) is 0 Å². The Bertz CT molecular complexity index is 1290. The Morgan fingerprint density at radius 3 is 1.38 bits per heavy atom. The van der Waals surface area contributed by atoms with Gasteiger partial charge in [-0.15, -0.1) is 0 Å². The summed E-state index contributed by atoms with van der Waals surface area (Å²) in [5.74, 6) is -1.15. The van der Waals surface area contributed by atoms with Gasteiger partial charge in [-0.05, 0) is 77.0 Å². The van der Waals surface area contributed by atoms with Crippen LogP contribution in [-0.4, -0.2) is 98.3 Å². The fourth-order valence-electron chi connectivity index (χ4n) is 7.17. The van der Waals surface area contributed by atoms with Gasteiger partial charge in [-0.1, -0.05) is 152 Å². The van der Waals surface area contributed by atoms with E-state index in [2.05, 4.69) is 62.5 Å². The van der Waals surface area contributed by atoms with Gasteiger partial charge in [0.2, 0.25) is 0 Å². The first-order chi connectivity index (χ1) is 30.4. The van der Waals surface area contributed by atoms with Crippen LogP contribution in [-0.2, 0) is 32.7 Å². The summed E-state index contributed by atoms with van der Waals surface area (Å²) in [6, 6.07) is 0. The summed E-state index contributed by atoms with van der Waals surface area (Å²) in [4.78, 5) is 35.7. The van der Waals surface area contributed by atoms with Gasteiger partial charge in [-0.2, -0.15) is 0 Å². The molecule has 0 bridgehead atoms. The molecule has 1 aliphatic rings. The summed E-state index contributed by atoms with van der Waals surface area (Å²) in [7, 11) is -5.13. The molecular formula is C49H87O13P. The SMILES string of the molecule is CCCCC/C=C/C/C=C/C/C=C/CCCCC(=O)OC[C@H](COP(=O)(O)OC1C(O)C(O)C(O)[C@@H](O)C1O)OC(=O)CCCCCCCCCCC/C=C/CCCCCCCC. The van der Waals surface area contributed by atoms with Crippen molar-refractivity contribution in [3.05, 3.63) is 48.6 Å². The number of hydrogen-bond donors (Lipinski definition) is 6. The lowest BCUT2D eigenvalue weighted by Crippen LogP contribution is -2.64. The smallest absolute Gasteiger partial charge is 0.462 e. The molecule has 0 saturated heterocycles. The van der Waals surface area contributed by atoms with Crippen LogP contribution in [0.1, 0.15) is 194 Å². The Kier molecular flexibility index (Phi) is 36.4. The Labute approximate surface area is 380 Å². The van der Waals surface area contributed by atoms with E-state index in [0.717, 1.165) is 64.2 Å². The fraction of sp³-hybridized carbons (Fsp3) is 0.796. The highest BCUT2D eigenvalue weighted by atomic mass is 31.2. The topological polar surface area (TPSA) is 210 Å². The number of phosphoric ester groups is 1. The monoisotopic (exact) mass is 915 g/mol. The zero-order valence-electron chi connectivity index (χ0n) is 38.9. The van der Waals surface area contributed by atoms with Crippen LogP contribution in [0.5, 0.6) is 0 Å². The number of carbonyl (C=O) groups excluding carboxylic acids is 2. The first kappa shape index (κ1) is 58.8. The minimum atomic E-state index is -5.13. The van der Waals surface area contributed by atoms with Crippen molar-refractivity contribution < 1.29 is 63.1 Å². The van der Waals surface area contributed by atoms with Crippen LogP contribution in [0.2, 0.25) is 0 Å². The lowest BCUT2D eigenvalue weighted by Gasteiger charge is -2.41. The predicted octanol–water partition coefficient (Wildman–Crippen LogP) is 9.95. The average molecular weight is 915 g/mol. The molecule has 6 unspecified atom stereocenters. The summed E-state index contributed by atoms with van der Waals surface area (Å²) in [5, 5.41) is 50.2. The molecule has 63 heavy (non-hydrogen) atoms. The normalized spacial score (nSPS) is 22.1. The molecule has 0 aromatic rings. The van der Waals surface area contributed by atoms with E-state index >= 15 is 0 Å². The highest BCUT2D eigenvalue weighted by Gasteiger charge is 2.51. The summed E-state index contributed by atoms with van der Waals surface area (Å²) < 4.78 is 33.5. The second-order valence-corrected chi connectivity index (χ2v) is 18.4. The van der Waals surface area contributed by atoms with Gasteiger partial charge in [-0.3, -0.25) is 18.6 Å². The summed E-state index contributed by atoms with van der Waals surface area (Å²) in [6.07, 6.45) is 33.0. The van der Waals surface area contributed by atoms with Crippen molar-refractivity contribution >= 4 is 19.8 Å². The lowest BCUT2D eigenvalue weighted by molar-refractivity contribution is -0.220. The second-order valence-electron chi connectivity index (χ2n) is 17.0. The van der Waals surface area contributed by atoms with Crippen molar-refractivity contribution in [1.29, 1.82) is 0 Å². The molecule has 366 valence electrons. The molecular weight excluding hydrogens is 827 g/mol. The molecule has 0 spiro atoms. The number of allylic oxidation sites excluding steroid dienone is 8. The van der Waals surface area contributed by atoms with Gasteiger partial charge in [-0.25, -0.2) is 4.57 Å². The third-order valence-electron chi connectivity index (χ3n) is 11.1. The van der Waals surface area contributed by atoms with Crippen molar-refractivity contribution in [1.82, 2.24) is 0 Å². The number of hydrogen-bond acceptors (Lipinski definition) is 12. The molecule has 8 atom stereocenters. The summed E-state index contributed by atoms with van der Waals surface area (Å²) in [6.45, 7) is 3.24. The molecule has 1 saturated carbocycles. The Balaban J connectivity index is 2.45. The standard InChI is InChI=1S/C49H87O13P/c1-3-5-7-9-11-13-15-17-19-20-21-22-24-26-28-30-32-34-36-38-43(51)61-41(40-60-63(57,58)62-49-47(55)45(53)44(52)46(54)48(49)56)39-59-42(50)37-35-33-31-29-27-25-23-18-16-14-12-10-8-6-4-2/h12,14,17-19,23,27,29,41,44-49,52-56H,3-11,13,15-16,20-22,24-26,28,30-40H2,1-2H3,(H,57,58)/b14-12+,19-17+,23-18+,29-27+/t41-,44?,45-,46?,47?,48?,49?/m1/s1. The second kappa shape index (κ2) is 39.0. The quantitative estimate of drug-likeness (QED) is 0.0147. The number of ether oxygens (including phenoxy) is 2. The van der Waals surface area contributed by atoms with Gasteiger partial charge in [0.15, 0.2) is 6.10 Å². The highest BCUT2D eigenvalue weighted by Crippen LogP contribution is 2.47. The van der Waals surface area contributed by atoms with E-state index < -0.39 is 75.7 Å². The molecule has 1 fully saturated rings. The third-order valence-corrected chi connectivity index (χ3v) is 12.1. The molecule has 0 aromatic heterocycles. The maximum absolute atomic E-state index is 12.8. The van der Waals surface area contributed by atoms with Crippen molar-refractivity contribution in [2.24, 2.45) is 0 Å². The highest BCUT2D eigenvalue weighted by molar-refractivity contribution is 7.47. The molecule has 0 aromatic carbocycles. The van der Waals surface area contributed by atoms with E-state index in [0.29, 0.717) is 12.8 Å². The third kappa shape index (κ3) is 31.4. The minimum Gasteiger partial charge on any atom is -0.462 e. The molecule has 0 amide bonds. The average Bonchev–Trinajstić information content (AvgIpc) is 3.26. The molecule has 6 N–H and O–H groups in total. The predicted molar refractivity (Wildman–Crippen MR) is 249 cm³/mol. The minimum absolute atomic E-state index is 0.0855. The number of phosphoric acid groups is 1. The van der Waals surface area contributed by atoms with E-state index in [9.17, 15) is 44.6 Å². The number of carbonyl (C=O) groups is 2. The zero-order valence-corrected chi connectivity index (χ0v) is 39.8. The van der Waals surface area contributed by atoms with E-state index in [1.54, 1.807) is 0 Å². The Morgan fingerprint density at radius 2 is 0.857 bits per heavy atom. The van der Waals surface area contributed by atoms with E-state index in [4.69, 9.17) is 18.5 Å². The Hall–Kier alpha value is -2.19. The first-order valence-electron chi connectivity index (χ1n) is 24.4. The van der Waals surface area contributed by atoms with E-state index in [-0.39, 0.29) is 12.8 Å². The van der Waals surface area contributed by atoms with Crippen LogP contribution >= 0.6 is 7.82 Å². The van der Waals surface area contributed by atoms with Crippen LogP contribution < -0.4 is 0 Å². The van der Waals surface area contributed by atoms with Crippen molar-refractivity contribution in [2.75, 3.05) is 13.2 Å². The summed E-state index contributed by atoms with van der Waals surface area (Å²) in [5.41, 5.74) is 0. The van der Waals surface area contributed by atoms with Gasteiger partial charge in [0.1, 0.15) is 43.2 Å². The molecule has 0 aliphatic heterocycles. The maximum Gasteiger partial charge on any atom is 0.472 e. The fourth-order valence-corrected chi connectivity index (χ4v) is 8.14. The first-order valence-corrected chi connectivity index (χ1v) is 25.9. The van der Waals surface area contributed by atoms with E-state index in [1.807, 2.05) is 0 Å². The van der Waals surface area contributed by atoms with E-state index in [1.165, 1.54) is 89.9 Å². The zero-order chi connectivity index (χ0) is 46.4. The van der Waals surface area contributed by atoms with Gasteiger partial charge in [0.25, 0.3) is 0 Å². The lowest BCUT2D eigenvalue weighted by atomic mass is 9.85. The Morgan fingerprint density at radius 1 is 0.492 bits per heavy atom. The molecule has 0 radical (unpaired) electrons. The molecule has 1 aliphatic carbocycles. The molecule has 0 heterocycles. The van der Waals surface area contributed by atoms with Crippen molar-refractivity contribution in [3.8, 4) is 0 Å². The summed E-state index contributed by atoms with van der Waals surface area (Å²) >= 11 is 0. The van der Waals surface area contributed by atoms with Gasteiger partial charge >= 0.3 is 19.8 Å². The van der Waals surface area contributed by atoms with Gasteiger partial charge < -0.3 is 39.9 Å². The number of rotatable bonds is 40. The van der Waals surface area contributed by atoms with Gasteiger partial charge in [0.05, 0.1) is 6.61 Å². The number of aliphatic hydroxyl groups excluding tert-OH is 5.